The topological polar surface area (TPSA) is 77.7 Å². The first-order valence-corrected chi connectivity index (χ1v) is 6.19. The predicted molar refractivity (Wildman–Crippen MR) is 75.2 cm³/mol. The quantitative estimate of drug-likeness (QED) is 0.456. The summed E-state index contributed by atoms with van der Waals surface area (Å²) in [5.41, 5.74) is 1.94. The van der Waals surface area contributed by atoms with Gasteiger partial charge < -0.3 is 10.2 Å². The number of phenolic OH excluding ortho intramolecular Hbond substituents is 2. The number of halogens is 4. The fraction of sp³-hybridized carbons (Fsp3) is 0.0769. The van der Waals surface area contributed by atoms with E-state index in [4.69, 9.17) is 11.6 Å². The van der Waals surface area contributed by atoms with E-state index >= 15 is 0 Å². The SMILES string of the molecule is Oc1cc(/C=N/Nc2ccc(C(F)(F)F)cn2)cc(Cl)c1O. The third-order valence-corrected chi connectivity index (χ3v) is 2.84. The highest BCUT2D eigenvalue weighted by Gasteiger charge is 2.30. The van der Waals surface area contributed by atoms with Crippen LogP contribution < -0.4 is 5.43 Å². The van der Waals surface area contributed by atoms with Gasteiger partial charge in [-0.25, -0.2) is 4.98 Å². The molecule has 1 aromatic carbocycles. The second-order valence-corrected chi connectivity index (χ2v) is 4.58. The highest BCUT2D eigenvalue weighted by molar-refractivity contribution is 6.32. The van der Waals surface area contributed by atoms with E-state index in [2.05, 4.69) is 15.5 Å². The van der Waals surface area contributed by atoms with Crippen molar-refractivity contribution in [3.63, 3.8) is 0 Å². The summed E-state index contributed by atoms with van der Waals surface area (Å²) in [5.74, 6) is -0.754. The molecule has 0 unspecified atom stereocenters. The molecule has 0 aliphatic carbocycles. The first kappa shape index (κ1) is 15.9. The third kappa shape index (κ3) is 3.79. The fourth-order valence-corrected chi connectivity index (χ4v) is 1.70. The monoisotopic (exact) mass is 331 g/mol. The highest BCUT2D eigenvalue weighted by Crippen LogP contribution is 2.33. The maximum Gasteiger partial charge on any atom is 0.417 e. The average molecular weight is 332 g/mol. The van der Waals surface area contributed by atoms with Crippen molar-refractivity contribution >= 4 is 23.6 Å². The van der Waals surface area contributed by atoms with E-state index in [1.54, 1.807) is 0 Å². The Hall–Kier alpha value is -2.48. The zero-order valence-corrected chi connectivity index (χ0v) is 11.5. The molecule has 0 bridgehead atoms. The molecule has 5 nitrogen and oxygen atoms in total. The molecule has 116 valence electrons. The number of hydrogen-bond acceptors (Lipinski definition) is 5. The van der Waals surface area contributed by atoms with Crippen LogP contribution in [0.3, 0.4) is 0 Å². The molecule has 0 spiro atoms. The van der Waals surface area contributed by atoms with Crippen LogP contribution in [0.5, 0.6) is 11.5 Å². The van der Waals surface area contributed by atoms with Crippen LogP contribution in [0.4, 0.5) is 19.0 Å². The minimum absolute atomic E-state index is 0.0610. The molecule has 0 radical (unpaired) electrons. The molecule has 2 aromatic rings. The van der Waals surface area contributed by atoms with E-state index in [1.807, 2.05) is 0 Å². The Morgan fingerprint density at radius 2 is 1.95 bits per heavy atom. The summed E-state index contributed by atoms with van der Waals surface area (Å²) >= 11 is 5.66. The van der Waals surface area contributed by atoms with Crippen LogP contribution in [-0.4, -0.2) is 21.4 Å². The van der Waals surface area contributed by atoms with Gasteiger partial charge in [-0.15, -0.1) is 0 Å². The highest BCUT2D eigenvalue weighted by atomic mass is 35.5. The molecule has 1 aromatic heterocycles. The zero-order chi connectivity index (χ0) is 16.3. The first-order chi connectivity index (χ1) is 10.3. The smallest absolute Gasteiger partial charge is 0.417 e. The van der Waals surface area contributed by atoms with Crippen molar-refractivity contribution in [2.75, 3.05) is 5.43 Å². The standard InChI is InChI=1S/C13H9ClF3N3O2/c14-9-3-7(4-10(21)12(9)22)5-19-20-11-2-1-8(6-18-11)13(15,16)17/h1-6,21-22H,(H,18,20)/b19-5+. The van der Waals surface area contributed by atoms with Gasteiger partial charge in [0.1, 0.15) is 5.82 Å². The van der Waals surface area contributed by atoms with Crippen LogP contribution in [0.15, 0.2) is 35.6 Å². The molecule has 0 aliphatic rings. The Labute approximate surface area is 127 Å². The van der Waals surface area contributed by atoms with Gasteiger partial charge in [0, 0.05) is 6.20 Å². The number of aromatic hydroxyl groups is 2. The molecule has 2 rings (SSSR count). The van der Waals surface area contributed by atoms with E-state index in [0.29, 0.717) is 11.8 Å². The van der Waals surface area contributed by atoms with E-state index in [-0.39, 0.29) is 10.8 Å². The van der Waals surface area contributed by atoms with Crippen LogP contribution in [0.25, 0.3) is 0 Å². The van der Waals surface area contributed by atoms with Crippen molar-refractivity contribution in [1.29, 1.82) is 0 Å². The van der Waals surface area contributed by atoms with Crippen molar-refractivity contribution in [2.24, 2.45) is 5.10 Å². The number of hydrazone groups is 1. The number of hydrogen-bond donors (Lipinski definition) is 3. The summed E-state index contributed by atoms with van der Waals surface area (Å²) in [6.45, 7) is 0. The molecule has 0 saturated heterocycles. The molecule has 3 N–H and O–H groups in total. The average Bonchev–Trinajstić information content (AvgIpc) is 2.44. The lowest BCUT2D eigenvalue weighted by atomic mass is 10.2. The molecule has 22 heavy (non-hydrogen) atoms. The van der Waals surface area contributed by atoms with Gasteiger partial charge in [-0.1, -0.05) is 11.6 Å². The largest absolute Gasteiger partial charge is 0.504 e. The maximum atomic E-state index is 12.4. The minimum atomic E-state index is -4.45. The van der Waals surface area contributed by atoms with Crippen LogP contribution >= 0.6 is 11.6 Å². The number of alkyl halides is 3. The first-order valence-electron chi connectivity index (χ1n) is 5.81. The van der Waals surface area contributed by atoms with Crippen LogP contribution in [0, 0.1) is 0 Å². The number of benzene rings is 1. The van der Waals surface area contributed by atoms with E-state index in [0.717, 1.165) is 12.1 Å². The van der Waals surface area contributed by atoms with Crippen LogP contribution in [0.1, 0.15) is 11.1 Å². The summed E-state index contributed by atoms with van der Waals surface area (Å²) in [4.78, 5) is 3.57. The molecule has 0 aliphatic heterocycles. The zero-order valence-electron chi connectivity index (χ0n) is 10.8. The molecular formula is C13H9ClF3N3O2. The van der Waals surface area contributed by atoms with Crippen molar-refractivity contribution < 1.29 is 23.4 Å². The number of pyridine rings is 1. The number of aromatic nitrogens is 1. The summed E-state index contributed by atoms with van der Waals surface area (Å²) in [6.07, 6.45) is -2.51. The molecular weight excluding hydrogens is 323 g/mol. The van der Waals surface area contributed by atoms with Gasteiger partial charge in [0.05, 0.1) is 16.8 Å². The Morgan fingerprint density at radius 1 is 1.23 bits per heavy atom. The number of nitrogens with zero attached hydrogens (tertiary/aromatic N) is 2. The lowest BCUT2D eigenvalue weighted by molar-refractivity contribution is -0.137. The Kier molecular flexibility index (Phi) is 4.41. The minimum Gasteiger partial charge on any atom is -0.504 e. The second kappa shape index (κ2) is 6.10. The lowest BCUT2D eigenvalue weighted by Gasteiger charge is -2.06. The van der Waals surface area contributed by atoms with Crippen molar-refractivity contribution in [2.45, 2.75) is 6.18 Å². The van der Waals surface area contributed by atoms with E-state index in [1.165, 1.54) is 18.3 Å². The molecule has 1 heterocycles. The van der Waals surface area contributed by atoms with Crippen molar-refractivity contribution in [3.8, 4) is 11.5 Å². The number of nitrogens with one attached hydrogen (secondary N) is 1. The lowest BCUT2D eigenvalue weighted by Crippen LogP contribution is -2.05. The van der Waals surface area contributed by atoms with Crippen LogP contribution in [0.2, 0.25) is 5.02 Å². The Balaban J connectivity index is 2.07. The summed E-state index contributed by atoms with van der Waals surface area (Å²) in [5, 5.41) is 22.3. The van der Waals surface area contributed by atoms with Crippen molar-refractivity contribution in [3.05, 3.63) is 46.6 Å². The van der Waals surface area contributed by atoms with Gasteiger partial charge in [0.25, 0.3) is 0 Å². The van der Waals surface area contributed by atoms with Crippen LogP contribution in [-0.2, 0) is 6.18 Å². The van der Waals surface area contributed by atoms with E-state index < -0.39 is 23.2 Å². The van der Waals surface area contributed by atoms with Gasteiger partial charge >= 0.3 is 6.18 Å². The van der Waals surface area contributed by atoms with E-state index in [9.17, 15) is 23.4 Å². The normalized spacial score (nSPS) is 11.8. The summed E-state index contributed by atoms with van der Waals surface area (Å²) < 4.78 is 37.1. The number of anilines is 1. The van der Waals surface area contributed by atoms with Gasteiger partial charge in [0.2, 0.25) is 0 Å². The van der Waals surface area contributed by atoms with Gasteiger partial charge in [-0.3, -0.25) is 5.43 Å². The number of phenols is 2. The third-order valence-electron chi connectivity index (χ3n) is 2.55. The number of rotatable bonds is 3. The van der Waals surface area contributed by atoms with Gasteiger partial charge in [-0.05, 0) is 29.8 Å². The van der Waals surface area contributed by atoms with Gasteiger partial charge in [-0.2, -0.15) is 18.3 Å². The Morgan fingerprint density at radius 3 is 2.50 bits per heavy atom. The molecule has 0 amide bonds. The summed E-state index contributed by atoms with van der Waals surface area (Å²) in [6, 6.07) is 4.56. The molecule has 0 atom stereocenters. The molecule has 9 heteroatoms. The van der Waals surface area contributed by atoms with Gasteiger partial charge in [0.15, 0.2) is 11.5 Å². The molecule has 0 fully saturated rings. The summed E-state index contributed by atoms with van der Waals surface area (Å²) in [7, 11) is 0. The Bertz CT molecular complexity index is 680. The fourth-order valence-electron chi connectivity index (χ4n) is 1.48. The second-order valence-electron chi connectivity index (χ2n) is 4.17. The maximum absolute atomic E-state index is 12.4. The van der Waals surface area contributed by atoms with Crippen molar-refractivity contribution in [1.82, 2.24) is 4.98 Å². The predicted octanol–water partition coefficient (Wildman–Crippen LogP) is 3.61. The molecule has 0 saturated carbocycles.